The van der Waals surface area contributed by atoms with E-state index in [0.29, 0.717) is 0 Å². The van der Waals surface area contributed by atoms with E-state index in [2.05, 4.69) is 90.3 Å². The van der Waals surface area contributed by atoms with Crippen LogP contribution in [-0.4, -0.2) is 74.1 Å². The van der Waals surface area contributed by atoms with E-state index < -0.39 is 5.91 Å². The third-order valence-electron chi connectivity index (χ3n) is 3.51. The third kappa shape index (κ3) is 2.77. The van der Waals surface area contributed by atoms with Crippen LogP contribution in [0.25, 0.3) is 0 Å². The van der Waals surface area contributed by atoms with Crippen molar-refractivity contribution in [2.75, 3.05) is 55.4 Å². The van der Waals surface area contributed by atoms with Crippen LogP contribution in [0, 0.1) is 0 Å². The molecule has 0 N–H and O–H groups in total. The Morgan fingerprint density at radius 2 is 1.00 bits per heavy atom. The molecule has 18 heavy (non-hydrogen) atoms. The summed E-state index contributed by atoms with van der Waals surface area (Å²) in [6.07, 6.45) is 2.33. The summed E-state index contributed by atoms with van der Waals surface area (Å²) in [6.45, 7) is 6.70. The second kappa shape index (κ2) is 6.96. The topological polar surface area (TPSA) is 13.0 Å². The summed E-state index contributed by atoms with van der Waals surface area (Å²) < 4.78 is 9.69. The van der Waals surface area contributed by atoms with E-state index >= 15 is 0 Å². The van der Waals surface area contributed by atoms with Crippen LogP contribution in [0.15, 0.2) is 0 Å². The van der Waals surface area contributed by atoms with Crippen molar-refractivity contribution in [3.05, 3.63) is 0 Å². The molecular weight excluding hydrogens is 311 g/mol. The van der Waals surface area contributed by atoms with Gasteiger partial charge >= 0.3 is 122 Å². The molecule has 0 rings (SSSR count). The summed E-state index contributed by atoms with van der Waals surface area (Å²) in [5.74, 6) is -2.55. The van der Waals surface area contributed by atoms with Crippen LogP contribution in [0.4, 0.5) is 0 Å². The Kier molecular flexibility index (Phi) is 7.25. The van der Waals surface area contributed by atoms with E-state index in [1.165, 1.54) is 12.8 Å². The third-order valence-corrected chi connectivity index (χ3v) is 16.1. The molecule has 0 bridgehead atoms. The number of halogens is 1. The second-order valence-electron chi connectivity index (χ2n) is 5.33. The van der Waals surface area contributed by atoms with Crippen molar-refractivity contribution in [3.63, 3.8) is 0 Å². The Bertz CT molecular complexity index is 228. The van der Waals surface area contributed by atoms with Crippen LogP contribution in [0.5, 0.6) is 0 Å². The first-order valence-corrected chi connectivity index (χ1v) is 10.8. The zero-order valence-electron chi connectivity index (χ0n) is 13.4. The predicted octanol–water partition coefficient (Wildman–Crippen LogP) is 3.32. The van der Waals surface area contributed by atoms with Gasteiger partial charge in [-0.1, -0.05) is 0 Å². The minimum absolute atomic E-state index is 1.10. The van der Waals surface area contributed by atoms with Gasteiger partial charge in [-0.15, -0.1) is 0 Å². The van der Waals surface area contributed by atoms with Gasteiger partial charge in [0.05, 0.1) is 0 Å². The van der Waals surface area contributed by atoms with Gasteiger partial charge in [-0.25, -0.2) is 0 Å². The summed E-state index contributed by atoms with van der Waals surface area (Å²) in [5, 5.41) is 0. The summed E-state index contributed by atoms with van der Waals surface area (Å²) in [5.41, 5.74) is 0. The maximum absolute atomic E-state index is 4.19. The summed E-state index contributed by atoms with van der Waals surface area (Å²) in [7, 11) is 13.0. The first kappa shape index (κ1) is 18.8. The van der Waals surface area contributed by atoms with Gasteiger partial charge in [-0.05, 0) is 0 Å². The zero-order valence-corrected chi connectivity index (χ0v) is 15.9. The van der Waals surface area contributed by atoms with Gasteiger partial charge in [0.25, 0.3) is 0 Å². The second-order valence-corrected chi connectivity index (χ2v) is 13.8. The van der Waals surface area contributed by atoms with E-state index in [-0.39, 0.29) is 0 Å². The number of hydrogen-bond donors (Lipinski definition) is 0. The molecule has 0 saturated carbocycles. The molecule has 4 nitrogen and oxygen atoms in total. The molecule has 0 fully saturated rings. The summed E-state index contributed by atoms with van der Waals surface area (Å²) in [6, 6.07) is 0. The quantitative estimate of drug-likeness (QED) is 0.627. The van der Waals surface area contributed by atoms with Crippen LogP contribution in [0.3, 0.4) is 0 Å². The van der Waals surface area contributed by atoms with Crippen molar-refractivity contribution in [1.29, 1.82) is 0 Å². The number of hydrogen-bond acceptors (Lipinski definition) is 4. The van der Waals surface area contributed by atoms with Crippen molar-refractivity contribution >= 4 is 21.4 Å². The molecule has 112 valence electrons. The molecule has 0 saturated heterocycles. The van der Waals surface area contributed by atoms with Crippen molar-refractivity contribution in [2.24, 2.45) is 0 Å². The van der Waals surface area contributed by atoms with Gasteiger partial charge in [0, 0.05) is 0 Å². The summed E-state index contributed by atoms with van der Waals surface area (Å²) in [4.78, 5) is 0. The van der Waals surface area contributed by atoms with Gasteiger partial charge < -0.3 is 0 Å². The molecular formula is C12H32BrN4P. The average Bonchev–Trinajstić information content (AvgIpc) is 2.26. The maximum atomic E-state index is 4.19. The molecule has 0 aliphatic carbocycles. The minimum atomic E-state index is -2.55. The van der Waals surface area contributed by atoms with Gasteiger partial charge in [-0.2, -0.15) is 0 Å². The first-order valence-electron chi connectivity index (χ1n) is 6.70. The number of nitrogens with zero attached hydrogens (tertiary/aromatic N) is 4. The van der Waals surface area contributed by atoms with E-state index in [4.69, 9.17) is 0 Å². The Morgan fingerprint density at radius 1 is 0.722 bits per heavy atom. The van der Waals surface area contributed by atoms with Gasteiger partial charge in [0.15, 0.2) is 0 Å². The predicted molar refractivity (Wildman–Crippen MR) is 89.1 cm³/mol. The van der Waals surface area contributed by atoms with Crippen LogP contribution in [0.1, 0.15) is 26.7 Å². The Hall–Kier alpha value is 0.750. The van der Waals surface area contributed by atoms with Gasteiger partial charge in [0.1, 0.15) is 0 Å². The normalized spacial score (nSPS) is 15.7. The fourth-order valence-corrected chi connectivity index (χ4v) is 8.51. The summed E-state index contributed by atoms with van der Waals surface area (Å²) >= 11 is 4.19. The monoisotopic (exact) mass is 342 g/mol. The molecule has 0 aliphatic rings. The van der Waals surface area contributed by atoms with Crippen molar-refractivity contribution in [2.45, 2.75) is 26.7 Å². The SMILES string of the molecule is CCCN(CCC)P(Br)(N(C)C)(N(C)C)N(C)C. The van der Waals surface area contributed by atoms with Gasteiger partial charge in [-0.3, -0.25) is 0 Å². The molecule has 0 aromatic heterocycles. The van der Waals surface area contributed by atoms with E-state index in [1.807, 2.05) is 0 Å². The van der Waals surface area contributed by atoms with Crippen LogP contribution in [-0.2, 0) is 0 Å². The van der Waals surface area contributed by atoms with Crippen LogP contribution < -0.4 is 0 Å². The molecule has 0 aliphatic heterocycles. The number of rotatable bonds is 8. The molecule has 0 spiro atoms. The molecule has 0 amide bonds. The van der Waals surface area contributed by atoms with Crippen molar-refractivity contribution < 1.29 is 0 Å². The first-order chi connectivity index (χ1) is 8.17. The van der Waals surface area contributed by atoms with Crippen molar-refractivity contribution in [3.8, 4) is 0 Å². The molecule has 0 aromatic rings. The Labute approximate surface area is 122 Å². The van der Waals surface area contributed by atoms with Gasteiger partial charge in [0.2, 0.25) is 0 Å². The van der Waals surface area contributed by atoms with E-state index in [1.54, 1.807) is 0 Å². The molecule has 0 atom stereocenters. The molecule has 0 aromatic carbocycles. The Balaban J connectivity index is 5.82. The molecule has 6 heteroatoms. The van der Waals surface area contributed by atoms with Crippen molar-refractivity contribution in [1.82, 2.24) is 18.7 Å². The fraction of sp³-hybridized carbons (Fsp3) is 1.00. The fourth-order valence-electron chi connectivity index (χ4n) is 2.80. The standard InChI is InChI=1S/C12H32BrN4P/c1-9-11-17(12-10-2)18(13,14(3)4,15(5)6)16(7)8/h9-12H2,1-8H3. The molecule has 0 unspecified atom stereocenters. The molecule has 0 radical (unpaired) electrons. The zero-order chi connectivity index (χ0) is 14.6. The van der Waals surface area contributed by atoms with Crippen LogP contribution in [0.2, 0.25) is 0 Å². The molecule has 0 heterocycles. The van der Waals surface area contributed by atoms with E-state index in [0.717, 1.165) is 13.1 Å². The average molecular weight is 343 g/mol. The Morgan fingerprint density at radius 3 is 1.17 bits per heavy atom. The van der Waals surface area contributed by atoms with Crippen LogP contribution >= 0.6 is 21.4 Å². The van der Waals surface area contributed by atoms with E-state index in [9.17, 15) is 0 Å².